The van der Waals surface area contributed by atoms with Gasteiger partial charge in [0.05, 0.1) is 12.8 Å². The molecule has 7 heteroatoms. The number of nitrogens with zero attached hydrogens (tertiary/aromatic N) is 3. The van der Waals surface area contributed by atoms with Crippen LogP contribution in [0.4, 0.5) is 0 Å². The Balaban J connectivity index is 2.09. The van der Waals surface area contributed by atoms with Crippen LogP contribution in [0, 0.1) is 0 Å². The molecule has 7 nitrogen and oxygen atoms in total. The van der Waals surface area contributed by atoms with E-state index in [0.717, 1.165) is 5.56 Å². The van der Waals surface area contributed by atoms with Gasteiger partial charge in [-0.25, -0.2) is 4.68 Å². The van der Waals surface area contributed by atoms with Gasteiger partial charge < -0.3 is 10.1 Å². The number of rotatable bonds is 7. The lowest BCUT2D eigenvalue weighted by molar-refractivity contribution is -0.149. The van der Waals surface area contributed by atoms with E-state index >= 15 is 0 Å². The number of amides is 1. The molecule has 1 heterocycles. The van der Waals surface area contributed by atoms with Crippen molar-refractivity contribution in [2.75, 3.05) is 13.2 Å². The first kappa shape index (κ1) is 16.7. The van der Waals surface area contributed by atoms with E-state index in [1.54, 1.807) is 20.0 Å². The van der Waals surface area contributed by atoms with Crippen molar-refractivity contribution in [1.29, 1.82) is 0 Å². The topological polar surface area (TPSA) is 86.1 Å². The quantitative estimate of drug-likeness (QED) is 0.768. The molecule has 0 fully saturated rings. The smallest absolute Gasteiger partial charge is 0.318 e. The molecule has 0 saturated carbocycles. The third-order valence-electron chi connectivity index (χ3n) is 3.55. The summed E-state index contributed by atoms with van der Waals surface area (Å²) in [6.07, 6.45) is 3.10. The Labute approximate surface area is 134 Å². The van der Waals surface area contributed by atoms with Crippen molar-refractivity contribution in [3.8, 4) is 0 Å². The second kappa shape index (κ2) is 7.53. The molecular formula is C16H20N4O3. The lowest BCUT2D eigenvalue weighted by atomic mass is 9.82. The molecule has 1 unspecified atom stereocenters. The highest BCUT2D eigenvalue weighted by molar-refractivity contribution is 5.84. The van der Waals surface area contributed by atoms with Gasteiger partial charge >= 0.3 is 5.97 Å². The fourth-order valence-electron chi connectivity index (χ4n) is 2.18. The molecule has 122 valence electrons. The molecule has 2 rings (SSSR count). The summed E-state index contributed by atoms with van der Waals surface area (Å²) in [6.45, 7) is 3.99. The van der Waals surface area contributed by atoms with E-state index < -0.39 is 5.41 Å². The molecule has 0 aliphatic heterocycles. The maximum absolute atomic E-state index is 12.4. The van der Waals surface area contributed by atoms with Crippen molar-refractivity contribution in [3.05, 3.63) is 48.3 Å². The maximum Gasteiger partial charge on any atom is 0.318 e. The average molecular weight is 316 g/mol. The first-order chi connectivity index (χ1) is 11.1. The number of benzene rings is 1. The first-order valence-electron chi connectivity index (χ1n) is 7.40. The Hall–Kier alpha value is -2.70. The first-order valence-corrected chi connectivity index (χ1v) is 7.40. The summed E-state index contributed by atoms with van der Waals surface area (Å²) in [5, 5.41) is 10.2. The lowest BCUT2D eigenvalue weighted by Crippen LogP contribution is -2.46. The molecule has 1 amide bonds. The molecular weight excluding hydrogens is 296 g/mol. The van der Waals surface area contributed by atoms with Crippen LogP contribution in [-0.4, -0.2) is 40.0 Å². The zero-order valence-electron chi connectivity index (χ0n) is 13.2. The van der Waals surface area contributed by atoms with E-state index in [2.05, 4.69) is 15.6 Å². The number of hydrogen-bond acceptors (Lipinski definition) is 5. The SMILES string of the molecule is CCOC(=O)C(C)(CNC(=O)Cn1ccnn1)c1ccccc1. The van der Waals surface area contributed by atoms with Crippen LogP contribution < -0.4 is 5.32 Å². The predicted molar refractivity (Wildman–Crippen MR) is 83.5 cm³/mol. The summed E-state index contributed by atoms with van der Waals surface area (Å²) in [7, 11) is 0. The van der Waals surface area contributed by atoms with Gasteiger partial charge in [-0.15, -0.1) is 5.10 Å². The van der Waals surface area contributed by atoms with Gasteiger partial charge in [-0.1, -0.05) is 35.5 Å². The Morgan fingerprint density at radius 1 is 1.30 bits per heavy atom. The van der Waals surface area contributed by atoms with Gasteiger partial charge in [0, 0.05) is 12.7 Å². The van der Waals surface area contributed by atoms with Crippen LogP contribution in [0.1, 0.15) is 19.4 Å². The molecule has 1 atom stereocenters. The highest BCUT2D eigenvalue weighted by Gasteiger charge is 2.37. The van der Waals surface area contributed by atoms with Crippen molar-refractivity contribution in [2.45, 2.75) is 25.8 Å². The monoisotopic (exact) mass is 316 g/mol. The van der Waals surface area contributed by atoms with Crippen LogP contribution in [0.3, 0.4) is 0 Å². The number of carbonyl (C=O) groups is 2. The second-order valence-corrected chi connectivity index (χ2v) is 5.30. The van der Waals surface area contributed by atoms with Crippen LogP contribution in [0.2, 0.25) is 0 Å². The second-order valence-electron chi connectivity index (χ2n) is 5.30. The van der Waals surface area contributed by atoms with Crippen LogP contribution in [-0.2, 0) is 26.3 Å². The molecule has 1 N–H and O–H groups in total. The third kappa shape index (κ3) is 4.15. The number of carbonyl (C=O) groups excluding carboxylic acids is 2. The van der Waals surface area contributed by atoms with Crippen LogP contribution in [0.15, 0.2) is 42.7 Å². The van der Waals surface area contributed by atoms with E-state index in [9.17, 15) is 9.59 Å². The van der Waals surface area contributed by atoms with Gasteiger partial charge in [0.1, 0.15) is 12.0 Å². The number of aromatic nitrogens is 3. The van der Waals surface area contributed by atoms with Gasteiger partial charge in [-0.2, -0.15) is 0 Å². The van der Waals surface area contributed by atoms with Gasteiger partial charge in [-0.3, -0.25) is 9.59 Å². The number of esters is 1. The van der Waals surface area contributed by atoms with Crippen LogP contribution in [0.25, 0.3) is 0 Å². The van der Waals surface area contributed by atoms with E-state index in [1.807, 2.05) is 30.3 Å². The molecule has 2 aromatic rings. The summed E-state index contributed by atoms with van der Waals surface area (Å²) in [5.41, 5.74) is -0.158. The Morgan fingerprint density at radius 2 is 2.04 bits per heavy atom. The van der Waals surface area contributed by atoms with Crippen LogP contribution in [0.5, 0.6) is 0 Å². The summed E-state index contributed by atoms with van der Waals surface area (Å²) in [5.74, 6) is -0.616. The lowest BCUT2D eigenvalue weighted by Gasteiger charge is -2.28. The maximum atomic E-state index is 12.4. The Morgan fingerprint density at radius 3 is 2.65 bits per heavy atom. The highest BCUT2D eigenvalue weighted by atomic mass is 16.5. The number of nitrogens with one attached hydrogen (secondary N) is 1. The molecule has 23 heavy (non-hydrogen) atoms. The molecule has 0 aliphatic carbocycles. The summed E-state index contributed by atoms with van der Waals surface area (Å²) in [6, 6.07) is 9.27. The fraction of sp³-hybridized carbons (Fsp3) is 0.375. The van der Waals surface area contributed by atoms with E-state index in [0.29, 0.717) is 0 Å². The largest absolute Gasteiger partial charge is 0.465 e. The molecule has 0 bridgehead atoms. The molecule has 1 aromatic heterocycles. The molecule has 0 spiro atoms. The average Bonchev–Trinajstić information content (AvgIpc) is 3.06. The van der Waals surface area contributed by atoms with Crippen LogP contribution >= 0.6 is 0 Å². The minimum atomic E-state index is -0.949. The minimum absolute atomic E-state index is 0.0493. The molecule has 0 saturated heterocycles. The highest BCUT2D eigenvalue weighted by Crippen LogP contribution is 2.24. The number of hydrogen-bond donors (Lipinski definition) is 1. The Kier molecular flexibility index (Phi) is 5.46. The van der Waals surface area contributed by atoms with E-state index in [4.69, 9.17) is 4.74 Å². The van der Waals surface area contributed by atoms with Crippen molar-refractivity contribution in [2.24, 2.45) is 0 Å². The number of ether oxygens (including phenoxy) is 1. The molecule has 1 aromatic carbocycles. The van der Waals surface area contributed by atoms with Crippen molar-refractivity contribution in [1.82, 2.24) is 20.3 Å². The predicted octanol–water partition coefficient (Wildman–Crippen LogP) is 0.915. The summed E-state index contributed by atoms with van der Waals surface area (Å²) >= 11 is 0. The third-order valence-corrected chi connectivity index (χ3v) is 3.55. The van der Waals surface area contributed by atoms with Crippen molar-refractivity contribution < 1.29 is 14.3 Å². The summed E-state index contributed by atoms with van der Waals surface area (Å²) < 4.78 is 6.60. The molecule has 0 radical (unpaired) electrons. The fourth-order valence-corrected chi connectivity index (χ4v) is 2.18. The molecule has 0 aliphatic rings. The van der Waals surface area contributed by atoms with Crippen molar-refractivity contribution >= 4 is 11.9 Å². The van der Waals surface area contributed by atoms with Gasteiger partial charge in [-0.05, 0) is 19.4 Å². The van der Waals surface area contributed by atoms with E-state index in [1.165, 1.54) is 10.9 Å². The van der Waals surface area contributed by atoms with Gasteiger partial charge in [0.2, 0.25) is 5.91 Å². The van der Waals surface area contributed by atoms with Gasteiger partial charge in [0.15, 0.2) is 0 Å². The van der Waals surface area contributed by atoms with Gasteiger partial charge in [0.25, 0.3) is 0 Å². The summed E-state index contributed by atoms with van der Waals surface area (Å²) in [4.78, 5) is 24.4. The normalized spacial score (nSPS) is 13.1. The Bertz CT molecular complexity index is 643. The standard InChI is InChI=1S/C16H20N4O3/c1-3-23-15(22)16(2,13-7-5-4-6-8-13)12-17-14(21)11-20-10-9-18-19-20/h4-10H,3,11-12H2,1-2H3,(H,17,21). The minimum Gasteiger partial charge on any atom is -0.465 e. The van der Waals surface area contributed by atoms with E-state index in [-0.39, 0.29) is 31.6 Å². The zero-order valence-corrected chi connectivity index (χ0v) is 13.2. The zero-order chi connectivity index (χ0) is 16.7. The van der Waals surface area contributed by atoms with Crippen molar-refractivity contribution in [3.63, 3.8) is 0 Å².